The maximum Gasteiger partial charge on any atom is 0.330 e. The first-order valence-electron chi connectivity index (χ1n) is 14.1. The molecule has 4 atom stereocenters. The molecule has 0 bridgehead atoms. The van der Waals surface area contributed by atoms with Gasteiger partial charge in [-0.05, 0) is 85.6 Å². The van der Waals surface area contributed by atoms with Crippen molar-refractivity contribution >= 4 is 23.5 Å². The fourth-order valence-corrected chi connectivity index (χ4v) is 6.13. The summed E-state index contributed by atoms with van der Waals surface area (Å²) in [4.78, 5) is 43.6. The minimum atomic E-state index is -1.90. The Bertz CT molecular complexity index is 1660. The number of ether oxygens (including phenoxy) is 2. The minimum absolute atomic E-state index is 0.276. The lowest BCUT2D eigenvalue weighted by molar-refractivity contribution is -0.148. The molecule has 2 N–H and O–H groups in total. The van der Waals surface area contributed by atoms with Gasteiger partial charge in [0, 0.05) is 17.2 Å². The molecule has 0 aromatic heterocycles. The molecule has 0 saturated carbocycles. The Labute approximate surface area is 255 Å². The van der Waals surface area contributed by atoms with Gasteiger partial charge < -0.3 is 19.9 Å². The zero-order chi connectivity index (χ0) is 31.6. The van der Waals surface area contributed by atoms with Crippen molar-refractivity contribution in [3.63, 3.8) is 0 Å². The molecule has 0 aliphatic carbocycles. The van der Waals surface area contributed by atoms with Gasteiger partial charge in [-0.1, -0.05) is 42.0 Å². The van der Waals surface area contributed by atoms with Gasteiger partial charge in [0.05, 0.1) is 26.2 Å². The van der Waals surface area contributed by atoms with Crippen molar-refractivity contribution in [1.82, 2.24) is 4.90 Å². The average molecular weight is 597 g/mol. The standard InChI is InChI=1S/C35H33FN2O6/c1-21-5-7-23(8-6-21)31-29(32(39)24-11-19-28(44-4)20-12-24)30(22-9-17-27(43-3)18-10-22)35(2,33(40)41)38(31)34(42)37-26-15-13-25(36)14-16-26/h5-20,29-31H,1-4H3,(H,37,42)(H,40,41). The van der Waals surface area contributed by atoms with E-state index < -0.39 is 41.2 Å². The minimum Gasteiger partial charge on any atom is -0.497 e. The molecule has 1 aliphatic rings. The van der Waals surface area contributed by atoms with Gasteiger partial charge in [-0.2, -0.15) is 0 Å². The Morgan fingerprint density at radius 2 is 1.32 bits per heavy atom. The summed E-state index contributed by atoms with van der Waals surface area (Å²) in [6, 6.07) is 24.3. The molecular formula is C35H33FN2O6. The van der Waals surface area contributed by atoms with Gasteiger partial charge in [-0.25, -0.2) is 14.0 Å². The van der Waals surface area contributed by atoms with Crippen molar-refractivity contribution in [3.8, 4) is 11.5 Å². The quantitative estimate of drug-likeness (QED) is 0.215. The van der Waals surface area contributed by atoms with E-state index in [1.807, 2.05) is 31.2 Å². The summed E-state index contributed by atoms with van der Waals surface area (Å²) in [6.07, 6.45) is 0. The molecular weight excluding hydrogens is 563 g/mol. The summed E-state index contributed by atoms with van der Waals surface area (Å²) in [5, 5.41) is 13.7. The molecule has 2 amide bonds. The van der Waals surface area contributed by atoms with Crippen LogP contribution in [0.25, 0.3) is 0 Å². The molecule has 9 heteroatoms. The summed E-state index contributed by atoms with van der Waals surface area (Å²) >= 11 is 0. The van der Waals surface area contributed by atoms with Crippen LogP contribution in [-0.4, -0.2) is 47.5 Å². The summed E-state index contributed by atoms with van der Waals surface area (Å²) in [6.45, 7) is 3.38. The topological polar surface area (TPSA) is 105 Å². The van der Waals surface area contributed by atoms with Gasteiger partial charge in [-0.3, -0.25) is 9.69 Å². The molecule has 1 saturated heterocycles. The lowest BCUT2D eigenvalue weighted by atomic mass is 9.71. The number of amides is 2. The second-order valence-electron chi connectivity index (χ2n) is 11.0. The third-order valence-electron chi connectivity index (χ3n) is 8.40. The maximum absolute atomic E-state index is 14.6. The maximum atomic E-state index is 14.6. The van der Waals surface area contributed by atoms with Crippen LogP contribution in [0.15, 0.2) is 97.1 Å². The molecule has 1 aliphatic heterocycles. The van der Waals surface area contributed by atoms with Crippen LogP contribution in [0.5, 0.6) is 11.5 Å². The third kappa shape index (κ3) is 5.48. The largest absolute Gasteiger partial charge is 0.497 e. The number of hydrogen-bond donors (Lipinski definition) is 2. The number of rotatable bonds is 8. The summed E-state index contributed by atoms with van der Waals surface area (Å²) in [5.74, 6) is -2.97. The summed E-state index contributed by atoms with van der Waals surface area (Å²) < 4.78 is 24.3. The van der Waals surface area contributed by atoms with Crippen LogP contribution in [0.4, 0.5) is 14.9 Å². The molecule has 1 heterocycles. The number of ketones is 1. The normalized spacial score (nSPS) is 21.0. The number of carboxylic acid groups (broad SMARTS) is 1. The molecule has 1 fully saturated rings. The first kappa shape index (κ1) is 30.3. The fraction of sp³-hybridized carbons (Fsp3) is 0.229. The predicted octanol–water partition coefficient (Wildman–Crippen LogP) is 6.87. The van der Waals surface area contributed by atoms with E-state index in [1.165, 1.54) is 50.3 Å². The zero-order valence-corrected chi connectivity index (χ0v) is 24.8. The highest BCUT2D eigenvalue weighted by molar-refractivity contribution is 6.03. The molecule has 4 unspecified atom stereocenters. The lowest BCUT2D eigenvalue weighted by Crippen LogP contribution is -2.55. The number of methoxy groups -OCH3 is 2. The highest BCUT2D eigenvalue weighted by Gasteiger charge is 2.65. The average Bonchev–Trinajstić information content (AvgIpc) is 3.32. The highest BCUT2D eigenvalue weighted by atomic mass is 19.1. The Hall–Kier alpha value is -5.18. The summed E-state index contributed by atoms with van der Waals surface area (Å²) in [5.41, 5.74) is 0.829. The molecule has 0 spiro atoms. The second kappa shape index (κ2) is 12.2. The number of anilines is 1. The van der Waals surface area contributed by atoms with Gasteiger partial charge >= 0.3 is 12.0 Å². The third-order valence-corrected chi connectivity index (χ3v) is 8.40. The van der Waals surface area contributed by atoms with Crippen molar-refractivity contribution in [1.29, 1.82) is 0 Å². The smallest absolute Gasteiger partial charge is 0.330 e. The van der Waals surface area contributed by atoms with Gasteiger partial charge in [0.25, 0.3) is 0 Å². The van der Waals surface area contributed by atoms with E-state index in [0.717, 1.165) is 5.56 Å². The number of nitrogens with zero attached hydrogens (tertiary/aromatic N) is 1. The zero-order valence-electron chi connectivity index (χ0n) is 24.8. The molecule has 0 radical (unpaired) electrons. The Morgan fingerprint density at radius 1 is 0.795 bits per heavy atom. The van der Waals surface area contributed by atoms with Crippen LogP contribution < -0.4 is 14.8 Å². The number of carbonyl (C=O) groups is 3. The van der Waals surface area contributed by atoms with Gasteiger partial charge in [0.1, 0.15) is 22.9 Å². The number of urea groups is 1. The Kier molecular flexibility index (Phi) is 8.40. The van der Waals surface area contributed by atoms with Crippen LogP contribution in [-0.2, 0) is 4.79 Å². The molecule has 4 aromatic carbocycles. The van der Waals surface area contributed by atoms with Crippen LogP contribution in [0.3, 0.4) is 0 Å². The monoisotopic (exact) mass is 596 g/mol. The van der Waals surface area contributed by atoms with Gasteiger partial charge in [0.2, 0.25) is 0 Å². The number of likely N-dealkylation sites (tertiary alicyclic amines) is 1. The number of Topliss-reactive ketones (excluding diaryl/α,β-unsaturated/α-hetero) is 1. The van der Waals surface area contributed by atoms with E-state index in [4.69, 9.17) is 9.47 Å². The molecule has 226 valence electrons. The van der Waals surface area contributed by atoms with Crippen LogP contribution in [0.2, 0.25) is 0 Å². The van der Waals surface area contributed by atoms with E-state index >= 15 is 0 Å². The molecule has 4 aromatic rings. The lowest BCUT2D eigenvalue weighted by Gasteiger charge is -2.37. The van der Waals surface area contributed by atoms with Crippen LogP contribution in [0, 0.1) is 18.7 Å². The van der Waals surface area contributed by atoms with E-state index in [1.54, 1.807) is 48.5 Å². The van der Waals surface area contributed by atoms with E-state index in [9.17, 15) is 23.9 Å². The molecule has 5 rings (SSSR count). The SMILES string of the molecule is COc1ccc(C(=O)C2C(c3ccc(C)cc3)N(C(=O)Nc3ccc(F)cc3)C(C)(C(=O)O)C2c2ccc(OC)cc2)cc1. The van der Waals surface area contributed by atoms with Crippen LogP contribution >= 0.6 is 0 Å². The van der Waals surface area contributed by atoms with Crippen molar-refractivity contribution in [2.75, 3.05) is 19.5 Å². The van der Waals surface area contributed by atoms with E-state index in [-0.39, 0.29) is 11.5 Å². The number of nitrogens with one attached hydrogen (secondary N) is 1. The number of aliphatic carboxylic acids is 1. The van der Waals surface area contributed by atoms with Gasteiger partial charge in [-0.15, -0.1) is 0 Å². The Morgan fingerprint density at radius 3 is 1.84 bits per heavy atom. The number of halogens is 1. The van der Waals surface area contributed by atoms with Crippen molar-refractivity contribution in [2.45, 2.75) is 31.3 Å². The van der Waals surface area contributed by atoms with Crippen molar-refractivity contribution in [2.24, 2.45) is 5.92 Å². The molecule has 44 heavy (non-hydrogen) atoms. The van der Waals surface area contributed by atoms with Crippen LogP contribution in [0.1, 0.15) is 45.9 Å². The number of hydrogen-bond acceptors (Lipinski definition) is 5. The van der Waals surface area contributed by atoms with E-state index in [2.05, 4.69) is 5.32 Å². The Balaban J connectivity index is 1.75. The number of benzene rings is 4. The predicted molar refractivity (Wildman–Crippen MR) is 164 cm³/mol. The van der Waals surface area contributed by atoms with Crippen molar-refractivity contribution < 1.29 is 33.4 Å². The number of aryl methyl sites for hydroxylation is 1. The first-order valence-corrected chi connectivity index (χ1v) is 14.1. The van der Waals surface area contributed by atoms with Crippen molar-refractivity contribution in [3.05, 3.63) is 125 Å². The number of carboxylic acids is 1. The highest BCUT2D eigenvalue weighted by Crippen LogP contribution is 2.57. The molecule has 8 nitrogen and oxygen atoms in total. The fourth-order valence-electron chi connectivity index (χ4n) is 6.13. The first-order chi connectivity index (χ1) is 21.1. The second-order valence-corrected chi connectivity index (χ2v) is 11.0. The summed E-state index contributed by atoms with van der Waals surface area (Å²) in [7, 11) is 3.05. The van der Waals surface area contributed by atoms with Gasteiger partial charge in [0.15, 0.2) is 5.78 Å². The van der Waals surface area contributed by atoms with E-state index in [0.29, 0.717) is 28.2 Å². The number of carbonyl (C=O) groups excluding carboxylic acids is 2.